The van der Waals surface area contributed by atoms with Crippen LogP contribution in [0.2, 0.25) is 0 Å². The highest BCUT2D eigenvalue weighted by Gasteiger charge is 2.18. The zero-order valence-electron chi connectivity index (χ0n) is 12.6. The minimum absolute atomic E-state index is 0.523. The molecule has 1 aliphatic rings. The Morgan fingerprint density at radius 3 is 2.58 bits per heavy atom. The molecular weight excluding hydrogens is 262 g/mol. The van der Waals surface area contributed by atoms with E-state index in [4.69, 9.17) is 0 Å². The summed E-state index contributed by atoms with van der Waals surface area (Å²) in [6.07, 6.45) is 3.48. The van der Waals surface area contributed by atoms with Crippen molar-refractivity contribution in [2.24, 2.45) is 5.92 Å². The first-order valence-corrected chi connectivity index (χ1v) is 8.90. The monoisotopic (exact) mass is 291 g/mol. The second-order valence-corrected chi connectivity index (χ2v) is 7.14. The van der Waals surface area contributed by atoms with Gasteiger partial charge in [-0.2, -0.15) is 12.7 Å². The Bertz CT molecular complexity index is 342. The maximum atomic E-state index is 11.9. The Kier molecular flexibility index (Phi) is 7.28. The summed E-state index contributed by atoms with van der Waals surface area (Å²) in [4.78, 5) is 2.44. The summed E-state index contributed by atoms with van der Waals surface area (Å²) in [7, 11) is -3.27. The van der Waals surface area contributed by atoms with Gasteiger partial charge >= 0.3 is 0 Å². The molecule has 1 fully saturated rings. The van der Waals surface area contributed by atoms with Gasteiger partial charge in [0, 0.05) is 26.2 Å². The van der Waals surface area contributed by atoms with Crippen molar-refractivity contribution >= 4 is 10.2 Å². The minimum Gasteiger partial charge on any atom is -0.303 e. The van der Waals surface area contributed by atoms with E-state index >= 15 is 0 Å². The first-order chi connectivity index (χ1) is 8.99. The predicted octanol–water partition coefficient (Wildman–Crippen LogP) is 1.28. The molecule has 1 saturated heterocycles. The summed E-state index contributed by atoms with van der Waals surface area (Å²) in [6.45, 7) is 10.9. The van der Waals surface area contributed by atoms with Crippen LogP contribution in [0.15, 0.2) is 0 Å². The largest absolute Gasteiger partial charge is 0.303 e. The lowest BCUT2D eigenvalue weighted by molar-refractivity contribution is 0.182. The van der Waals surface area contributed by atoms with Gasteiger partial charge in [0.25, 0.3) is 10.2 Å². The summed E-state index contributed by atoms with van der Waals surface area (Å²) in [5.41, 5.74) is 0. The van der Waals surface area contributed by atoms with Crippen molar-refractivity contribution in [3.05, 3.63) is 0 Å². The molecule has 1 atom stereocenters. The number of nitrogens with zero attached hydrogens (tertiary/aromatic N) is 2. The molecule has 1 rings (SSSR count). The van der Waals surface area contributed by atoms with Gasteiger partial charge in [-0.05, 0) is 38.3 Å². The molecule has 5 nitrogen and oxygen atoms in total. The number of rotatable bonds is 8. The number of piperidine rings is 1. The maximum Gasteiger partial charge on any atom is 0.279 e. The van der Waals surface area contributed by atoms with E-state index in [2.05, 4.69) is 16.5 Å². The lowest BCUT2D eigenvalue weighted by Gasteiger charge is -2.30. The fraction of sp³-hybridized carbons (Fsp3) is 1.00. The van der Waals surface area contributed by atoms with E-state index in [-0.39, 0.29) is 0 Å². The van der Waals surface area contributed by atoms with Gasteiger partial charge in [-0.3, -0.25) is 0 Å². The van der Waals surface area contributed by atoms with Crippen molar-refractivity contribution in [1.82, 2.24) is 13.9 Å². The normalized spacial score (nSPS) is 22.0. The fourth-order valence-electron chi connectivity index (χ4n) is 2.65. The molecule has 0 aromatic heterocycles. The van der Waals surface area contributed by atoms with Gasteiger partial charge in [0.05, 0.1) is 0 Å². The fourth-order valence-corrected chi connectivity index (χ4v) is 3.91. The number of hydrogen-bond donors (Lipinski definition) is 1. The first kappa shape index (κ1) is 16.9. The van der Waals surface area contributed by atoms with Gasteiger partial charge in [-0.1, -0.05) is 20.8 Å². The molecule has 0 amide bonds. The SMILES string of the molecule is CCN(CC)S(=O)(=O)NCCCN1CCCC(C)C1. The lowest BCUT2D eigenvalue weighted by atomic mass is 10.0. The Morgan fingerprint density at radius 2 is 2.00 bits per heavy atom. The molecule has 1 heterocycles. The molecule has 0 spiro atoms. The van der Waals surface area contributed by atoms with Crippen LogP contribution in [0.3, 0.4) is 0 Å². The summed E-state index contributed by atoms with van der Waals surface area (Å²) >= 11 is 0. The van der Waals surface area contributed by atoms with E-state index in [1.807, 2.05) is 13.8 Å². The Labute approximate surface area is 118 Å². The average Bonchev–Trinajstić information content (AvgIpc) is 2.36. The van der Waals surface area contributed by atoms with Gasteiger partial charge in [0.2, 0.25) is 0 Å². The summed E-state index contributed by atoms with van der Waals surface area (Å²) in [5, 5.41) is 0. The molecule has 1 unspecified atom stereocenters. The smallest absolute Gasteiger partial charge is 0.279 e. The third-order valence-electron chi connectivity index (χ3n) is 3.72. The van der Waals surface area contributed by atoms with Crippen molar-refractivity contribution < 1.29 is 8.42 Å². The van der Waals surface area contributed by atoms with Crippen LogP contribution in [0, 0.1) is 5.92 Å². The molecule has 0 aromatic rings. The van der Waals surface area contributed by atoms with Gasteiger partial charge in [-0.15, -0.1) is 0 Å². The second-order valence-electron chi connectivity index (χ2n) is 5.39. The molecule has 0 aromatic carbocycles. The third-order valence-corrected chi connectivity index (χ3v) is 5.49. The molecule has 1 N–H and O–H groups in total. The van der Waals surface area contributed by atoms with Crippen molar-refractivity contribution in [2.75, 3.05) is 39.3 Å². The molecule has 0 aliphatic carbocycles. The molecule has 19 heavy (non-hydrogen) atoms. The van der Waals surface area contributed by atoms with Crippen LogP contribution in [-0.4, -0.2) is 56.9 Å². The van der Waals surface area contributed by atoms with E-state index in [1.54, 1.807) is 0 Å². The van der Waals surface area contributed by atoms with Crippen LogP contribution in [0.5, 0.6) is 0 Å². The zero-order chi connectivity index (χ0) is 14.3. The van der Waals surface area contributed by atoms with Crippen LogP contribution < -0.4 is 4.72 Å². The topological polar surface area (TPSA) is 52.7 Å². The first-order valence-electron chi connectivity index (χ1n) is 7.46. The summed E-state index contributed by atoms with van der Waals surface area (Å²) in [6, 6.07) is 0. The number of nitrogens with one attached hydrogen (secondary N) is 1. The van der Waals surface area contributed by atoms with Crippen molar-refractivity contribution in [2.45, 2.75) is 40.0 Å². The molecule has 0 bridgehead atoms. The Balaban J connectivity index is 2.23. The molecular formula is C13H29N3O2S. The van der Waals surface area contributed by atoms with Crippen molar-refractivity contribution in [3.8, 4) is 0 Å². The average molecular weight is 291 g/mol. The maximum absolute atomic E-state index is 11.9. The Hall–Kier alpha value is -0.170. The number of hydrogen-bond acceptors (Lipinski definition) is 3. The highest BCUT2D eigenvalue weighted by Crippen LogP contribution is 2.15. The Morgan fingerprint density at radius 1 is 1.32 bits per heavy atom. The van der Waals surface area contributed by atoms with E-state index in [9.17, 15) is 8.42 Å². The van der Waals surface area contributed by atoms with Crippen LogP contribution in [0.1, 0.15) is 40.0 Å². The summed E-state index contributed by atoms with van der Waals surface area (Å²) in [5.74, 6) is 0.779. The quantitative estimate of drug-likeness (QED) is 0.686. The van der Waals surface area contributed by atoms with E-state index in [0.29, 0.717) is 19.6 Å². The van der Waals surface area contributed by atoms with Crippen LogP contribution in [0.25, 0.3) is 0 Å². The second kappa shape index (κ2) is 8.19. The van der Waals surface area contributed by atoms with Crippen LogP contribution in [-0.2, 0) is 10.2 Å². The molecule has 1 aliphatic heterocycles. The molecule has 0 saturated carbocycles. The van der Waals surface area contributed by atoms with Gasteiger partial charge in [0.1, 0.15) is 0 Å². The van der Waals surface area contributed by atoms with Crippen LogP contribution in [0.4, 0.5) is 0 Å². The molecule has 114 valence electrons. The summed E-state index contributed by atoms with van der Waals surface area (Å²) < 4.78 is 27.9. The van der Waals surface area contributed by atoms with Gasteiger partial charge in [-0.25, -0.2) is 4.72 Å². The van der Waals surface area contributed by atoms with Crippen LogP contribution >= 0.6 is 0 Å². The lowest BCUT2D eigenvalue weighted by Crippen LogP contribution is -2.42. The van der Waals surface area contributed by atoms with E-state index in [1.165, 1.54) is 17.1 Å². The standard InChI is InChI=1S/C13H29N3O2S/c1-4-16(5-2)19(17,18)14-9-7-11-15-10-6-8-13(3)12-15/h13-14H,4-12H2,1-3H3. The third kappa shape index (κ3) is 5.77. The highest BCUT2D eigenvalue weighted by atomic mass is 32.2. The van der Waals surface area contributed by atoms with E-state index < -0.39 is 10.2 Å². The zero-order valence-corrected chi connectivity index (χ0v) is 13.4. The van der Waals surface area contributed by atoms with Gasteiger partial charge < -0.3 is 4.90 Å². The molecule has 6 heteroatoms. The number of likely N-dealkylation sites (tertiary alicyclic amines) is 1. The van der Waals surface area contributed by atoms with Crippen molar-refractivity contribution in [3.63, 3.8) is 0 Å². The van der Waals surface area contributed by atoms with Gasteiger partial charge in [0.15, 0.2) is 0 Å². The minimum atomic E-state index is -3.27. The molecule has 0 radical (unpaired) electrons. The highest BCUT2D eigenvalue weighted by molar-refractivity contribution is 7.87. The van der Waals surface area contributed by atoms with Crippen molar-refractivity contribution in [1.29, 1.82) is 0 Å². The van der Waals surface area contributed by atoms with E-state index in [0.717, 1.165) is 32.0 Å². The predicted molar refractivity (Wildman–Crippen MR) is 79.3 cm³/mol.